The lowest BCUT2D eigenvalue weighted by atomic mass is 9.92. The van der Waals surface area contributed by atoms with Gasteiger partial charge in [-0.05, 0) is 31.0 Å². The second-order valence-electron chi connectivity index (χ2n) is 7.47. The van der Waals surface area contributed by atoms with Gasteiger partial charge in [-0.3, -0.25) is 14.8 Å². The fourth-order valence-corrected chi connectivity index (χ4v) is 3.79. The number of piperidine rings is 1. The average Bonchev–Trinajstić information content (AvgIpc) is 2.80. The molecule has 1 aliphatic heterocycles. The number of hydrogen-bond acceptors (Lipinski definition) is 6. The molecule has 1 aromatic carbocycles. The van der Waals surface area contributed by atoms with E-state index in [4.69, 9.17) is 11.6 Å². The molecule has 0 aliphatic carbocycles. The SMILES string of the molecule is O=C(Cc1cc(-c2cncc(NCc3ccccc3)n2)c(Cl)cn1)[C@@H]1CCCNC1. The fraction of sp³-hybridized carbons (Fsp3) is 0.304. The third kappa shape index (κ3) is 5.20. The number of halogens is 1. The molecule has 0 radical (unpaired) electrons. The highest BCUT2D eigenvalue weighted by Crippen LogP contribution is 2.27. The summed E-state index contributed by atoms with van der Waals surface area (Å²) in [5, 5.41) is 7.06. The molecule has 2 N–H and O–H groups in total. The number of carbonyl (C=O) groups is 1. The van der Waals surface area contributed by atoms with E-state index < -0.39 is 0 Å². The third-order valence-corrected chi connectivity index (χ3v) is 5.55. The fourth-order valence-electron chi connectivity index (χ4n) is 3.59. The lowest BCUT2D eigenvalue weighted by Crippen LogP contribution is -2.35. The van der Waals surface area contributed by atoms with Gasteiger partial charge in [-0.15, -0.1) is 0 Å². The minimum atomic E-state index is 0.0602. The maximum absolute atomic E-state index is 12.6. The number of carbonyl (C=O) groups excluding carboxylic acids is 1. The van der Waals surface area contributed by atoms with Crippen LogP contribution in [0.25, 0.3) is 11.3 Å². The van der Waals surface area contributed by atoms with Crippen LogP contribution in [0.15, 0.2) is 55.0 Å². The van der Waals surface area contributed by atoms with E-state index in [0.717, 1.165) is 37.1 Å². The van der Waals surface area contributed by atoms with Crippen molar-refractivity contribution in [2.24, 2.45) is 5.92 Å². The molecular weight excluding hydrogens is 398 g/mol. The first-order chi connectivity index (χ1) is 14.7. The van der Waals surface area contributed by atoms with Crippen molar-refractivity contribution < 1.29 is 4.79 Å². The Labute approximate surface area is 181 Å². The molecule has 0 amide bonds. The summed E-state index contributed by atoms with van der Waals surface area (Å²) in [5.41, 5.74) is 3.24. The van der Waals surface area contributed by atoms with E-state index >= 15 is 0 Å². The van der Waals surface area contributed by atoms with Gasteiger partial charge in [0.1, 0.15) is 11.6 Å². The van der Waals surface area contributed by atoms with Crippen molar-refractivity contribution in [1.82, 2.24) is 20.3 Å². The molecular formula is C23H24ClN5O. The van der Waals surface area contributed by atoms with Crippen molar-refractivity contribution >= 4 is 23.2 Å². The van der Waals surface area contributed by atoms with E-state index in [0.29, 0.717) is 35.2 Å². The Bertz CT molecular complexity index is 1010. The van der Waals surface area contributed by atoms with E-state index in [9.17, 15) is 4.79 Å². The second-order valence-corrected chi connectivity index (χ2v) is 7.88. The minimum Gasteiger partial charge on any atom is -0.365 e. The number of nitrogens with zero attached hydrogens (tertiary/aromatic N) is 3. The first-order valence-corrected chi connectivity index (χ1v) is 10.5. The first-order valence-electron chi connectivity index (χ1n) is 10.2. The standard InChI is InChI=1S/C23H24ClN5O/c24-20-13-27-18(10-22(30)17-7-4-8-25-12-17)9-19(20)21-14-26-15-23(29-21)28-11-16-5-2-1-3-6-16/h1-3,5-6,9,13-15,17,25H,4,7-8,10-12H2,(H,28,29)/t17-/m1/s1. The number of nitrogens with one attached hydrogen (secondary N) is 2. The molecule has 1 aliphatic rings. The van der Waals surface area contributed by atoms with E-state index in [1.54, 1.807) is 18.6 Å². The third-order valence-electron chi connectivity index (χ3n) is 5.25. The van der Waals surface area contributed by atoms with Crippen LogP contribution in [0.4, 0.5) is 5.82 Å². The topological polar surface area (TPSA) is 79.8 Å². The maximum atomic E-state index is 12.6. The monoisotopic (exact) mass is 421 g/mol. The van der Waals surface area contributed by atoms with Crippen molar-refractivity contribution in [1.29, 1.82) is 0 Å². The molecule has 30 heavy (non-hydrogen) atoms. The largest absolute Gasteiger partial charge is 0.365 e. The molecule has 4 rings (SSSR count). The van der Waals surface area contributed by atoms with Gasteiger partial charge in [-0.2, -0.15) is 0 Å². The maximum Gasteiger partial charge on any atom is 0.145 e. The molecule has 0 unspecified atom stereocenters. The van der Waals surface area contributed by atoms with E-state index in [-0.39, 0.29) is 11.7 Å². The number of ketones is 1. The van der Waals surface area contributed by atoms with Gasteiger partial charge in [0, 0.05) is 42.9 Å². The molecule has 2 aromatic heterocycles. The van der Waals surface area contributed by atoms with E-state index in [1.807, 2.05) is 24.3 Å². The predicted molar refractivity (Wildman–Crippen MR) is 118 cm³/mol. The molecule has 6 nitrogen and oxygen atoms in total. The van der Waals surface area contributed by atoms with Crippen molar-refractivity contribution in [3.8, 4) is 11.3 Å². The van der Waals surface area contributed by atoms with Crippen molar-refractivity contribution in [3.05, 3.63) is 71.3 Å². The molecule has 0 saturated carbocycles. The van der Waals surface area contributed by atoms with Gasteiger partial charge in [0.25, 0.3) is 0 Å². The highest BCUT2D eigenvalue weighted by Gasteiger charge is 2.21. The van der Waals surface area contributed by atoms with Gasteiger partial charge >= 0.3 is 0 Å². The first kappa shape index (κ1) is 20.4. The number of pyridine rings is 1. The lowest BCUT2D eigenvalue weighted by Gasteiger charge is -2.21. The van der Waals surface area contributed by atoms with E-state index in [2.05, 4.69) is 37.7 Å². The lowest BCUT2D eigenvalue weighted by molar-refractivity contribution is -0.122. The van der Waals surface area contributed by atoms with Gasteiger partial charge < -0.3 is 10.6 Å². The Morgan fingerprint density at radius 3 is 2.87 bits per heavy atom. The number of benzene rings is 1. The van der Waals surface area contributed by atoms with Crippen LogP contribution in [0, 0.1) is 5.92 Å². The smallest absolute Gasteiger partial charge is 0.145 e. The summed E-state index contributed by atoms with van der Waals surface area (Å²) in [6, 6.07) is 11.9. The summed E-state index contributed by atoms with van der Waals surface area (Å²) in [7, 11) is 0. The highest BCUT2D eigenvalue weighted by molar-refractivity contribution is 6.33. The molecule has 1 atom stereocenters. The quantitative estimate of drug-likeness (QED) is 0.602. The molecule has 3 aromatic rings. The summed E-state index contributed by atoms with van der Waals surface area (Å²) in [6.45, 7) is 2.39. The normalized spacial score (nSPS) is 16.2. The predicted octanol–water partition coefficient (Wildman–Crippen LogP) is 3.92. The molecule has 0 spiro atoms. The van der Waals surface area contributed by atoms with Crippen LogP contribution in [0.3, 0.4) is 0 Å². The summed E-state index contributed by atoms with van der Waals surface area (Å²) in [4.78, 5) is 25.9. The number of aromatic nitrogens is 3. The second kappa shape index (κ2) is 9.78. The van der Waals surface area contributed by atoms with Gasteiger partial charge in [-0.25, -0.2) is 4.98 Å². The van der Waals surface area contributed by atoms with Gasteiger partial charge in [0.15, 0.2) is 0 Å². The van der Waals surface area contributed by atoms with Crippen LogP contribution >= 0.6 is 11.6 Å². The molecule has 7 heteroatoms. The molecule has 1 fully saturated rings. The van der Waals surface area contributed by atoms with Gasteiger partial charge in [0.2, 0.25) is 0 Å². The van der Waals surface area contributed by atoms with Crippen LogP contribution in [0.1, 0.15) is 24.1 Å². The van der Waals surface area contributed by atoms with Crippen molar-refractivity contribution in [3.63, 3.8) is 0 Å². The molecule has 1 saturated heterocycles. The zero-order valence-corrected chi connectivity index (χ0v) is 17.4. The van der Waals surface area contributed by atoms with Crippen LogP contribution in [0.5, 0.6) is 0 Å². The van der Waals surface area contributed by atoms with Crippen molar-refractivity contribution in [2.75, 3.05) is 18.4 Å². The zero-order valence-electron chi connectivity index (χ0n) is 16.6. The van der Waals surface area contributed by atoms with Crippen LogP contribution in [0.2, 0.25) is 5.02 Å². The zero-order chi connectivity index (χ0) is 20.8. The number of anilines is 1. The summed E-state index contributed by atoms with van der Waals surface area (Å²) in [6.07, 6.45) is 7.22. The van der Waals surface area contributed by atoms with Gasteiger partial charge in [0.05, 0.1) is 23.1 Å². The minimum absolute atomic E-state index is 0.0602. The van der Waals surface area contributed by atoms with E-state index in [1.165, 1.54) is 0 Å². The highest BCUT2D eigenvalue weighted by atomic mass is 35.5. The molecule has 154 valence electrons. The number of Topliss-reactive ketones (excluding diaryl/α,β-unsaturated/α-hetero) is 1. The molecule has 3 heterocycles. The number of hydrogen-bond donors (Lipinski definition) is 2. The number of rotatable bonds is 7. The summed E-state index contributed by atoms with van der Waals surface area (Å²) in [5.74, 6) is 0.937. The van der Waals surface area contributed by atoms with Gasteiger partial charge in [-0.1, -0.05) is 41.9 Å². The average molecular weight is 422 g/mol. The summed E-state index contributed by atoms with van der Waals surface area (Å²) < 4.78 is 0. The Morgan fingerprint density at radius 1 is 1.20 bits per heavy atom. The van der Waals surface area contributed by atoms with Crippen LogP contribution < -0.4 is 10.6 Å². The summed E-state index contributed by atoms with van der Waals surface area (Å²) >= 11 is 6.40. The molecule has 0 bridgehead atoms. The van der Waals surface area contributed by atoms with Crippen LogP contribution in [-0.4, -0.2) is 33.8 Å². The Balaban J connectivity index is 1.49. The van der Waals surface area contributed by atoms with Crippen LogP contribution in [-0.2, 0) is 17.8 Å². The Kier molecular flexibility index (Phi) is 6.67. The Morgan fingerprint density at radius 2 is 2.07 bits per heavy atom. The van der Waals surface area contributed by atoms with Crippen molar-refractivity contribution in [2.45, 2.75) is 25.8 Å². The Hall–Kier alpha value is -2.83.